The Morgan fingerprint density at radius 3 is 2.70 bits per heavy atom. The van der Waals surface area contributed by atoms with Crippen molar-refractivity contribution in [2.75, 3.05) is 0 Å². The summed E-state index contributed by atoms with van der Waals surface area (Å²) >= 11 is 0. The molecule has 0 bridgehead atoms. The number of rotatable bonds is 2. The zero-order valence-corrected chi connectivity index (χ0v) is 11.0. The maximum Gasteiger partial charge on any atom is 0.128 e. The Hall–Kier alpha value is -2.33. The Morgan fingerprint density at radius 2 is 1.85 bits per heavy atom. The average Bonchev–Trinajstić information content (AvgIpc) is 2.48. The van der Waals surface area contributed by atoms with E-state index < -0.39 is 6.04 Å². The molecule has 3 rings (SSSR count). The maximum atomic E-state index is 14.0. The third kappa shape index (κ3) is 2.14. The zero-order valence-electron chi connectivity index (χ0n) is 11.0. The van der Waals surface area contributed by atoms with Crippen LogP contribution in [0, 0.1) is 12.7 Å². The highest BCUT2D eigenvalue weighted by Crippen LogP contribution is 2.27. The van der Waals surface area contributed by atoms with Crippen molar-refractivity contribution in [2.24, 2.45) is 5.73 Å². The molecular weight excluding hydrogens is 253 g/mol. The molecule has 4 heteroatoms. The van der Waals surface area contributed by atoms with Gasteiger partial charge in [0.2, 0.25) is 0 Å². The minimum Gasteiger partial charge on any atom is -0.320 e. The van der Waals surface area contributed by atoms with E-state index in [-0.39, 0.29) is 5.82 Å². The van der Waals surface area contributed by atoms with Gasteiger partial charge in [0.25, 0.3) is 0 Å². The molecular formula is C16H14FN3. The lowest BCUT2D eigenvalue weighted by molar-refractivity contribution is 0.599. The Bertz CT molecular complexity index is 765. The Balaban J connectivity index is 2.17. The lowest BCUT2D eigenvalue weighted by Gasteiger charge is -2.15. The number of aryl methyl sites for hydroxylation is 1. The fraction of sp³-hybridized carbons (Fsp3) is 0.125. The van der Waals surface area contributed by atoms with Gasteiger partial charge in [0.1, 0.15) is 5.82 Å². The molecule has 3 nitrogen and oxygen atoms in total. The first-order chi connectivity index (χ1) is 9.66. The summed E-state index contributed by atoms with van der Waals surface area (Å²) in [5.41, 5.74) is 9.94. The van der Waals surface area contributed by atoms with Crippen LogP contribution in [0.3, 0.4) is 0 Å². The van der Waals surface area contributed by atoms with Gasteiger partial charge in [-0.3, -0.25) is 9.97 Å². The lowest BCUT2D eigenvalue weighted by atomic mass is 9.96. The number of benzene rings is 2. The van der Waals surface area contributed by atoms with Gasteiger partial charge in [0, 0.05) is 23.5 Å². The van der Waals surface area contributed by atoms with Crippen molar-refractivity contribution in [2.45, 2.75) is 13.0 Å². The molecule has 0 aliphatic carbocycles. The van der Waals surface area contributed by atoms with Crippen LogP contribution in [0.2, 0.25) is 0 Å². The number of halogens is 1. The summed E-state index contributed by atoms with van der Waals surface area (Å²) in [5.74, 6) is -0.302. The molecule has 1 aromatic heterocycles. The summed E-state index contributed by atoms with van der Waals surface area (Å²) in [7, 11) is 0. The Labute approximate surface area is 116 Å². The first-order valence-electron chi connectivity index (χ1n) is 6.38. The van der Waals surface area contributed by atoms with Crippen molar-refractivity contribution in [1.82, 2.24) is 9.97 Å². The van der Waals surface area contributed by atoms with E-state index in [0.717, 1.165) is 16.6 Å². The first-order valence-corrected chi connectivity index (χ1v) is 6.38. The van der Waals surface area contributed by atoms with E-state index in [0.29, 0.717) is 11.1 Å². The fourth-order valence-corrected chi connectivity index (χ4v) is 2.34. The number of para-hydroxylation sites is 1. The molecule has 0 aliphatic rings. The third-order valence-electron chi connectivity index (χ3n) is 3.35. The highest BCUT2D eigenvalue weighted by Gasteiger charge is 2.17. The SMILES string of the molecule is Cc1ccc(F)c(C(N)c2cccc3nccnc23)c1. The van der Waals surface area contributed by atoms with Gasteiger partial charge in [-0.1, -0.05) is 29.8 Å². The van der Waals surface area contributed by atoms with Gasteiger partial charge in [-0.25, -0.2) is 4.39 Å². The summed E-state index contributed by atoms with van der Waals surface area (Å²) in [6.45, 7) is 1.92. The largest absolute Gasteiger partial charge is 0.320 e. The molecule has 0 aliphatic heterocycles. The molecule has 0 fully saturated rings. The van der Waals surface area contributed by atoms with Crippen LogP contribution in [0.4, 0.5) is 4.39 Å². The zero-order chi connectivity index (χ0) is 14.1. The minimum absolute atomic E-state index is 0.302. The monoisotopic (exact) mass is 267 g/mol. The normalized spacial score (nSPS) is 12.6. The quantitative estimate of drug-likeness (QED) is 0.776. The third-order valence-corrected chi connectivity index (χ3v) is 3.35. The van der Waals surface area contributed by atoms with Gasteiger partial charge >= 0.3 is 0 Å². The van der Waals surface area contributed by atoms with E-state index in [1.807, 2.05) is 25.1 Å². The molecule has 3 aromatic rings. The summed E-state index contributed by atoms with van der Waals surface area (Å²) in [5, 5.41) is 0. The van der Waals surface area contributed by atoms with Crippen LogP contribution >= 0.6 is 0 Å². The molecule has 1 heterocycles. The van der Waals surface area contributed by atoms with Crippen LogP contribution in [0.25, 0.3) is 11.0 Å². The number of nitrogens with two attached hydrogens (primary N) is 1. The molecule has 100 valence electrons. The molecule has 0 saturated heterocycles. The number of hydrogen-bond donors (Lipinski definition) is 1. The number of hydrogen-bond acceptors (Lipinski definition) is 3. The van der Waals surface area contributed by atoms with Crippen LogP contribution < -0.4 is 5.73 Å². The number of nitrogens with zero attached hydrogens (tertiary/aromatic N) is 2. The lowest BCUT2D eigenvalue weighted by Crippen LogP contribution is -2.14. The van der Waals surface area contributed by atoms with Crippen LogP contribution in [-0.4, -0.2) is 9.97 Å². The van der Waals surface area contributed by atoms with Gasteiger partial charge in [0.05, 0.1) is 17.1 Å². The van der Waals surface area contributed by atoms with E-state index in [9.17, 15) is 4.39 Å². The Kier molecular flexibility index (Phi) is 3.16. The van der Waals surface area contributed by atoms with E-state index >= 15 is 0 Å². The second-order valence-electron chi connectivity index (χ2n) is 4.77. The molecule has 1 atom stereocenters. The van der Waals surface area contributed by atoms with E-state index in [1.54, 1.807) is 24.5 Å². The van der Waals surface area contributed by atoms with Crippen molar-refractivity contribution in [1.29, 1.82) is 0 Å². The summed E-state index contributed by atoms with van der Waals surface area (Å²) < 4.78 is 14.0. The predicted molar refractivity (Wildman–Crippen MR) is 76.7 cm³/mol. The molecule has 0 saturated carbocycles. The molecule has 1 unspecified atom stereocenters. The van der Waals surface area contributed by atoms with Crippen LogP contribution in [-0.2, 0) is 0 Å². The van der Waals surface area contributed by atoms with E-state index in [1.165, 1.54) is 6.07 Å². The standard InChI is InChI=1S/C16H14FN3/c1-10-5-6-13(17)12(9-10)15(18)11-3-2-4-14-16(11)20-8-7-19-14/h2-9,15H,18H2,1H3. The predicted octanol–water partition coefficient (Wildman–Crippen LogP) is 3.13. The molecule has 2 N–H and O–H groups in total. The fourth-order valence-electron chi connectivity index (χ4n) is 2.34. The molecule has 0 spiro atoms. The van der Waals surface area contributed by atoms with Gasteiger partial charge in [-0.05, 0) is 19.1 Å². The summed E-state index contributed by atoms with van der Waals surface area (Å²) in [6, 6.07) is 9.98. The number of fused-ring (bicyclic) bond motifs is 1. The summed E-state index contributed by atoms with van der Waals surface area (Å²) in [6.07, 6.45) is 3.25. The first kappa shape index (κ1) is 12.7. The van der Waals surface area contributed by atoms with Gasteiger partial charge in [0.15, 0.2) is 0 Å². The van der Waals surface area contributed by atoms with Gasteiger partial charge < -0.3 is 5.73 Å². The Morgan fingerprint density at radius 1 is 1.05 bits per heavy atom. The van der Waals surface area contributed by atoms with Crippen molar-refractivity contribution >= 4 is 11.0 Å². The molecule has 2 aromatic carbocycles. The van der Waals surface area contributed by atoms with Crippen LogP contribution in [0.1, 0.15) is 22.7 Å². The summed E-state index contributed by atoms with van der Waals surface area (Å²) in [4.78, 5) is 8.56. The minimum atomic E-state index is -0.560. The van der Waals surface area contributed by atoms with Gasteiger partial charge in [-0.15, -0.1) is 0 Å². The van der Waals surface area contributed by atoms with Crippen molar-refractivity contribution in [3.05, 3.63) is 71.3 Å². The highest BCUT2D eigenvalue weighted by molar-refractivity contribution is 5.78. The highest BCUT2D eigenvalue weighted by atomic mass is 19.1. The van der Waals surface area contributed by atoms with Crippen molar-refractivity contribution in [3.63, 3.8) is 0 Å². The topological polar surface area (TPSA) is 51.8 Å². The maximum absolute atomic E-state index is 14.0. The van der Waals surface area contributed by atoms with Crippen LogP contribution in [0.5, 0.6) is 0 Å². The molecule has 0 amide bonds. The number of aromatic nitrogens is 2. The second-order valence-corrected chi connectivity index (χ2v) is 4.77. The average molecular weight is 267 g/mol. The van der Waals surface area contributed by atoms with Crippen molar-refractivity contribution in [3.8, 4) is 0 Å². The van der Waals surface area contributed by atoms with E-state index in [2.05, 4.69) is 9.97 Å². The molecule has 20 heavy (non-hydrogen) atoms. The smallest absolute Gasteiger partial charge is 0.128 e. The molecule has 0 radical (unpaired) electrons. The van der Waals surface area contributed by atoms with Crippen LogP contribution in [0.15, 0.2) is 48.8 Å². The van der Waals surface area contributed by atoms with Crippen molar-refractivity contribution < 1.29 is 4.39 Å². The van der Waals surface area contributed by atoms with E-state index in [4.69, 9.17) is 5.73 Å². The van der Waals surface area contributed by atoms with Gasteiger partial charge in [-0.2, -0.15) is 0 Å². The second kappa shape index (κ2) is 4.98.